The number of halogens is 1. The number of methoxy groups -OCH3 is 1. The number of carbonyl (C=O) groups excluding carboxylic acids is 1. The number of hydrogen-bond acceptors (Lipinski definition) is 9. The van der Waals surface area contributed by atoms with Crippen molar-refractivity contribution >= 4 is 28.3 Å². The minimum absolute atomic E-state index is 0.167. The molecule has 0 atom stereocenters. The first-order chi connectivity index (χ1) is 18.6. The smallest absolute Gasteiger partial charge is 0.230 e. The molecular formula is C28H31ClN2O7. The number of ether oxygens (including phenoxy) is 6. The van der Waals surface area contributed by atoms with Gasteiger partial charge in [-0.15, -0.1) is 0 Å². The molecule has 9 nitrogen and oxygen atoms in total. The van der Waals surface area contributed by atoms with Gasteiger partial charge in [-0.2, -0.15) is 0 Å². The molecule has 0 amide bonds. The van der Waals surface area contributed by atoms with E-state index in [9.17, 15) is 4.79 Å². The van der Waals surface area contributed by atoms with Crippen LogP contribution in [0.15, 0.2) is 36.7 Å². The van der Waals surface area contributed by atoms with E-state index in [-0.39, 0.29) is 11.9 Å². The normalized spacial score (nSPS) is 15.6. The van der Waals surface area contributed by atoms with Gasteiger partial charge in [0.2, 0.25) is 5.88 Å². The Bertz CT molecular complexity index is 1260. The first-order valence-electron chi connectivity index (χ1n) is 12.8. The van der Waals surface area contributed by atoms with Gasteiger partial charge in [-0.25, -0.2) is 9.97 Å². The number of Topliss-reactive ketones (excluding diaryl/α,β-unsaturated/α-hetero) is 1. The molecule has 1 aromatic heterocycles. The maximum atomic E-state index is 12.4. The van der Waals surface area contributed by atoms with Crippen LogP contribution < -0.4 is 14.2 Å². The van der Waals surface area contributed by atoms with Crippen molar-refractivity contribution in [1.29, 1.82) is 0 Å². The molecule has 3 aromatic rings. The van der Waals surface area contributed by atoms with Gasteiger partial charge >= 0.3 is 0 Å². The Hall–Kier alpha value is -2.98. The highest BCUT2D eigenvalue weighted by Crippen LogP contribution is 2.36. The fraction of sp³-hybridized carbons (Fsp3) is 0.464. The van der Waals surface area contributed by atoms with Gasteiger partial charge in [0.1, 0.15) is 24.0 Å². The highest BCUT2D eigenvalue weighted by Gasteiger charge is 2.20. The average Bonchev–Trinajstić information content (AvgIpc) is 2.85. The predicted octanol–water partition coefficient (Wildman–Crippen LogP) is 4.81. The summed E-state index contributed by atoms with van der Waals surface area (Å²) in [7, 11) is 1.58. The van der Waals surface area contributed by atoms with E-state index in [1.807, 2.05) is 6.07 Å². The molecule has 38 heavy (non-hydrogen) atoms. The van der Waals surface area contributed by atoms with Crippen LogP contribution in [0.5, 0.6) is 23.1 Å². The van der Waals surface area contributed by atoms with Crippen LogP contribution in [0.3, 0.4) is 0 Å². The molecule has 0 radical (unpaired) electrons. The number of hydrogen-bond donors (Lipinski definition) is 0. The molecule has 2 aliphatic rings. The molecule has 0 spiro atoms. The molecule has 5 rings (SSSR count). The predicted molar refractivity (Wildman–Crippen MR) is 141 cm³/mol. The van der Waals surface area contributed by atoms with Crippen LogP contribution >= 0.6 is 11.6 Å². The van der Waals surface area contributed by atoms with E-state index >= 15 is 0 Å². The second kappa shape index (κ2) is 12.7. The maximum absolute atomic E-state index is 12.4. The molecule has 2 saturated heterocycles. The molecule has 0 N–H and O–H groups in total. The molecule has 0 aliphatic carbocycles. The number of carbonyl (C=O) groups is 1. The van der Waals surface area contributed by atoms with Crippen molar-refractivity contribution in [2.45, 2.75) is 31.8 Å². The summed E-state index contributed by atoms with van der Waals surface area (Å²) in [5.74, 6) is 2.66. The Kier molecular flexibility index (Phi) is 8.90. The quantitative estimate of drug-likeness (QED) is 0.266. The van der Waals surface area contributed by atoms with Gasteiger partial charge in [0, 0.05) is 36.3 Å². The third-order valence-corrected chi connectivity index (χ3v) is 6.91. The third kappa shape index (κ3) is 6.71. The first-order valence-corrected chi connectivity index (χ1v) is 13.2. The van der Waals surface area contributed by atoms with Crippen LogP contribution in [0.4, 0.5) is 0 Å². The highest BCUT2D eigenvalue weighted by atomic mass is 35.5. The average molecular weight is 543 g/mol. The Labute approximate surface area is 226 Å². The van der Waals surface area contributed by atoms with Gasteiger partial charge in [-0.05, 0) is 30.2 Å². The van der Waals surface area contributed by atoms with E-state index in [4.69, 9.17) is 40.0 Å². The second-order valence-corrected chi connectivity index (χ2v) is 9.85. The van der Waals surface area contributed by atoms with E-state index in [2.05, 4.69) is 9.97 Å². The molecule has 0 bridgehead atoms. The van der Waals surface area contributed by atoms with Crippen molar-refractivity contribution in [3.63, 3.8) is 0 Å². The minimum Gasteiger partial charge on any atom is -0.493 e. The van der Waals surface area contributed by atoms with Gasteiger partial charge < -0.3 is 28.4 Å². The largest absolute Gasteiger partial charge is 0.493 e. The molecule has 0 unspecified atom stereocenters. The third-order valence-electron chi connectivity index (χ3n) is 6.56. The molecule has 3 heterocycles. The standard InChI is InChI=1S/C28H31ClN2O7/c1-33-26-11-23-25(12-27(26)37-8-2-7-36-22-15-35-16-22)30-17-31-28(23)38-21-6-4-19(24(29)10-21)9-20(32)5-3-18-13-34-14-18/h4,6,10-12,17-18,22H,2-3,5,7-9,13-16H2,1H3. The van der Waals surface area contributed by atoms with Crippen molar-refractivity contribution in [1.82, 2.24) is 9.97 Å². The molecule has 2 aromatic carbocycles. The topological polar surface area (TPSA) is 98.2 Å². The minimum atomic E-state index is 0.167. The summed E-state index contributed by atoms with van der Waals surface area (Å²) >= 11 is 6.49. The lowest BCUT2D eigenvalue weighted by Crippen LogP contribution is -2.36. The van der Waals surface area contributed by atoms with Crippen LogP contribution in [0, 0.1) is 5.92 Å². The van der Waals surface area contributed by atoms with Crippen LogP contribution in [0.25, 0.3) is 10.9 Å². The Morgan fingerprint density at radius 1 is 1.05 bits per heavy atom. The van der Waals surface area contributed by atoms with E-state index in [0.717, 1.165) is 31.6 Å². The van der Waals surface area contributed by atoms with Crippen molar-refractivity contribution in [2.75, 3.05) is 46.8 Å². The Morgan fingerprint density at radius 3 is 2.61 bits per heavy atom. The van der Waals surface area contributed by atoms with E-state index in [0.29, 0.717) is 84.2 Å². The number of fused-ring (bicyclic) bond motifs is 1. The lowest BCUT2D eigenvalue weighted by Gasteiger charge is -2.25. The van der Waals surface area contributed by atoms with Gasteiger partial charge in [0.15, 0.2) is 11.5 Å². The molecule has 202 valence electrons. The molecule has 10 heteroatoms. The fourth-order valence-electron chi connectivity index (χ4n) is 4.16. The van der Waals surface area contributed by atoms with Crippen LogP contribution in [0.1, 0.15) is 24.8 Å². The first kappa shape index (κ1) is 26.6. The summed E-state index contributed by atoms with van der Waals surface area (Å²) in [6.45, 7) is 3.92. The van der Waals surface area contributed by atoms with Crippen LogP contribution in [-0.4, -0.2) is 68.6 Å². The van der Waals surface area contributed by atoms with Crippen molar-refractivity contribution < 1.29 is 33.2 Å². The molecular weight excluding hydrogens is 512 g/mol. The van der Waals surface area contributed by atoms with Crippen molar-refractivity contribution in [2.24, 2.45) is 5.92 Å². The number of rotatable bonds is 14. The Morgan fingerprint density at radius 2 is 1.89 bits per heavy atom. The summed E-state index contributed by atoms with van der Waals surface area (Å²) in [5.41, 5.74) is 1.43. The van der Waals surface area contributed by atoms with Gasteiger partial charge in [-0.3, -0.25) is 4.79 Å². The lowest BCUT2D eigenvalue weighted by molar-refractivity contribution is -0.130. The summed E-state index contributed by atoms with van der Waals surface area (Å²) < 4.78 is 33.5. The number of aromatic nitrogens is 2. The van der Waals surface area contributed by atoms with Gasteiger partial charge in [0.05, 0.1) is 57.7 Å². The van der Waals surface area contributed by atoms with Crippen LogP contribution in [-0.2, 0) is 25.4 Å². The van der Waals surface area contributed by atoms with E-state index in [1.165, 1.54) is 6.33 Å². The Balaban J connectivity index is 1.22. The van der Waals surface area contributed by atoms with E-state index < -0.39 is 0 Å². The van der Waals surface area contributed by atoms with Crippen molar-refractivity contribution in [3.8, 4) is 23.1 Å². The van der Waals surface area contributed by atoms with Crippen molar-refractivity contribution in [3.05, 3.63) is 47.2 Å². The summed E-state index contributed by atoms with van der Waals surface area (Å²) in [6.07, 6.45) is 4.07. The van der Waals surface area contributed by atoms with E-state index in [1.54, 1.807) is 31.4 Å². The molecule has 2 aliphatic heterocycles. The zero-order chi connectivity index (χ0) is 26.3. The zero-order valence-corrected chi connectivity index (χ0v) is 22.1. The maximum Gasteiger partial charge on any atom is 0.230 e. The highest BCUT2D eigenvalue weighted by molar-refractivity contribution is 6.31. The number of benzene rings is 2. The van der Waals surface area contributed by atoms with Gasteiger partial charge in [-0.1, -0.05) is 17.7 Å². The summed E-state index contributed by atoms with van der Waals surface area (Å²) in [5, 5.41) is 1.14. The summed E-state index contributed by atoms with van der Waals surface area (Å²) in [4.78, 5) is 21.1. The lowest BCUT2D eigenvalue weighted by atomic mass is 9.97. The monoisotopic (exact) mass is 542 g/mol. The number of ketones is 1. The zero-order valence-electron chi connectivity index (χ0n) is 21.3. The SMILES string of the molecule is COc1cc2c(Oc3ccc(CC(=O)CCC4COC4)c(Cl)c3)ncnc2cc1OCCCOC1COC1. The van der Waals surface area contributed by atoms with Crippen LogP contribution in [0.2, 0.25) is 5.02 Å². The fourth-order valence-corrected chi connectivity index (χ4v) is 4.40. The molecule has 0 saturated carbocycles. The molecule has 2 fully saturated rings. The second-order valence-electron chi connectivity index (χ2n) is 9.44. The number of nitrogens with zero attached hydrogens (tertiary/aromatic N) is 2. The summed E-state index contributed by atoms with van der Waals surface area (Å²) in [6, 6.07) is 8.91. The van der Waals surface area contributed by atoms with Gasteiger partial charge in [0.25, 0.3) is 0 Å².